The third-order valence-corrected chi connectivity index (χ3v) is 13.3. The van der Waals surface area contributed by atoms with Gasteiger partial charge in [-0.2, -0.15) is 0 Å². The van der Waals surface area contributed by atoms with Crippen LogP contribution in [0.5, 0.6) is 0 Å². The lowest BCUT2D eigenvalue weighted by Gasteiger charge is -2.27. The van der Waals surface area contributed by atoms with Gasteiger partial charge in [0.2, 0.25) is 5.91 Å². The molecule has 378 valence electrons. The van der Waals surface area contributed by atoms with Gasteiger partial charge in [-0.15, -0.1) is 0 Å². The molecule has 0 heterocycles. The Bertz CT molecular complexity index is 1010. The van der Waals surface area contributed by atoms with Gasteiger partial charge in [0.15, 0.2) is 0 Å². The van der Waals surface area contributed by atoms with E-state index in [1.807, 2.05) is 0 Å². The summed E-state index contributed by atoms with van der Waals surface area (Å²) in [7, 11) is 0. The Morgan fingerprint density at radius 1 is 0.375 bits per heavy atom. The number of aliphatic hydroxyl groups excluding tert-OH is 4. The summed E-state index contributed by atoms with van der Waals surface area (Å²) in [6.07, 6.45) is 65.0. The molecule has 0 bridgehead atoms. The zero-order valence-electron chi connectivity index (χ0n) is 42.8. The number of hydrogen-bond donors (Lipinski definition) is 5. The Hall–Kier alpha value is -1.47. The van der Waals surface area contributed by atoms with E-state index in [1.165, 1.54) is 225 Å². The molecule has 0 rings (SSSR count). The number of carbonyl (C=O) groups is 1. The molecule has 0 fully saturated rings. The zero-order chi connectivity index (χ0) is 46.7. The van der Waals surface area contributed by atoms with Crippen LogP contribution in [0.25, 0.3) is 0 Å². The van der Waals surface area contributed by atoms with E-state index in [-0.39, 0.29) is 0 Å². The molecule has 6 nitrogen and oxygen atoms in total. The maximum absolute atomic E-state index is 12.6. The fraction of sp³-hybridized carbons (Fsp3) is 0.879. The topological polar surface area (TPSA) is 110 Å². The van der Waals surface area contributed by atoms with Crippen molar-refractivity contribution in [1.82, 2.24) is 5.32 Å². The van der Waals surface area contributed by atoms with Crippen LogP contribution >= 0.6 is 0 Å². The molecule has 6 heteroatoms. The van der Waals surface area contributed by atoms with Gasteiger partial charge in [-0.1, -0.05) is 256 Å². The van der Waals surface area contributed by atoms with Crippen molar-refractivity contribution in [3.63, 3.8) is 0 Å². The Labute approximate surface area is 398 Å². The molecule has 0 radical (unpaired) electrons. The van der Waals surface area contributed by atoms with Crippen molar-refractivity contribution in [2.45, 2.75) is 321 Å². The summed E-state index contributed by atoms with van der Waals surface area (Å²) in [5, 5.41) is 43.9. The summed E-state index contributed by atoms with van der Waals surface area (Å²) < 4.78 is 0. The second-order valence-electron chi connectivity index (χ2n) is 19.6. The Balaban J connectivity index is 3.68. The van der Waals surface area contributed by atoms with Gasteiger partial charge in [-0.05, 0) is 77.0 Å². The normalized spacial score (nSPS) is 14.0. The van der Waals surface area contributed by atoms with Crippen LogP contribution in [0.1, 0.15) is 296 Å². The first-order valence-corrected chi connectivity index (χ1v) is 28.4. The van der Waals surface area contributed by atoms with E-state index in [2.05, 4.69) is 55.6 Å². The van der Waals surface area contributed by atoms with Gasteiger partial charge in [-0.25, -0.2) is 0 Å². The lowest BCUT2D eigenvalue weighted by atomic mass is 10.00. The van der Waals surface area contributed by atoms with Gasteiger partial charge in [0.05, 0.1) is 18.8 Å². The SMILES string of the molecule is CCCCCCCCCCCCCC/C=C\CCCCCCCCCCCCC(O)C(=O)NC(CO)C(O)C(O)CCC/C=C/CC/C=C/CCCCCCCCCCCCCCC. The highest BCUT2D eigenvalue weighted by molar-refractivity contribution is 5.80. The van der Waals surface area contributed by atoms with Gasteiger partial charge in [0.25, 0.3) is 0 Å². The fourth-order valence-corrected chi connectivity index (χ4v) is 8.83. The van der Waals surface area contributed by atoms with Gasteiger partial charge >= 0.3 is 0 Å². The largest absolute Gasteiger partial charge is 0.394 e. The van der Waals surface area contributed by atoms with Crippen LogP contribution in [-0.4, -0.2) is 57.3 Å². The van der Waals surface area contributed by atoms with Crippen LogP contribution in [0.4, 0.5) is 0 Å². The summed E-state index contributed by atoms with van der Waals surface area (Å²) >= 11 is 0. The molecule has 1 amide bonds. The van der Waals surface area contributed by atoms with E-state index in [0.717, 1.165) is 38.5 Å². The van der Waals surface area contributed by atoms with Crippen molar-refractivity contribution in [1.29, 1.82) is 0 Å². The molecule has 5 N–H and O–H groups in total. The second kappa shape index (κ2) is 52.5. The molecule has 0 aliphatic rings. The second-order valence-corrected chi connectivity index (χ2v) is 19.6. The molecule has 0 aromatic rings. The third-order valence-electron chi connectivity index (χ3n) is 13.3. The standard InChI is InChI=1S/C58H111NO5/c1-3-5-7-9-11-13-15-17-19-21-23-25-27-28-29-30-32-34-36-38-40-42-44-46-48-50-52-56(62)58(64)59-54(53-60)57(63)55(61)51-49-47-45-43-41-39-37-35-33-31-26-24-22-20-18-16-14-12-10-8-6-4-2/h28-29,35,37,43,45,54-57,60-63H,3-27,30-34,36,38-42,44,46-53H2,1-2H3,(H,59,64)/b29-28-,37-35+,45-43+. The van der Waals surface area contributed by atoms with Crippen molar-refractivity contribution in [3.8, 4) is 0 Å². The van der Waals surface area contributed by atoms with Crippen LogP contribution in [0, 0.1) is 0 Å². The number of hydrogen-bond acceptors (Lipinski definition) is 5. The molecule has 0 aromatic carbocycles. The number of unbranched alkanes of at least 4 members (excludes halogenated alkanes) is 37. The first-order chi connectivity index (χ1) is 31.5. The van der Waals surface area contributed by atoms with Crippen molar-refractivity contribution >= 4 is 5.91 Å². The van der Waals surface area contributed by atoms with Gasteiger partial charge < -0.3 is 25.7 Å². The zero-order valence-corrected chi connectivity index (χ0v) is 42.8. The summed E-state index contributed by atoms with van der Waals surface area (Å²) in [6, 6.07) is -1.01. The molecule has 0 aromatic heterocycles. The third kappa shape index (κ3) is 45.7. The van der Waals surface area contributed by atoms with Gasteiger partial charge in [0, 0.05) is 0 Å². The van der Waals surface area contributed by atoms with E-state index in [1.54, 1.807) is 0 Å². The average Bonchev–Trinajstić information content (AvgIpc) is 3.30. The van der Waals surface area contributed by atoms with E-state index < -0.39 is 36.9 Å². The predicted molar refractivity (Wildman–Crippen MR) is 279 cm³/mol. The molecule has 0 aliphatic carbocycles. The minimum atomic E-state index is -1.29. The van der Waals surface area contributed by atoms with Crippen LogP contribution in [0.15, 0.2) is 36.5 Å². The molecule has 0 aliphatic heterocycles. The highest BCUT2D eigenvalue weighted by Crippen LogP contribution is 2.17. The Morgan fingerprint density at radius 3 is 0.984 bits per heavy atom. The molecule has 0 saturated carbocycles. The molecule has 0 spiro atoms. The molecule has 0 saturated heterocycles. The van der Waals surface area contributed by atoms with E-state index in [4.69, 9.17) is 0 Å². The highest BCUT2D eigenvalue weighted by atomic mass is 16.3. The fourth-order valence-electron chi connectivity index (χ4n) is 8.83. The number of aliphatic hydroxyl groups is 4. The van der Waals surface area contributed by atoms with Crippen LogP contribution in [0.2, 0.25) is 0 Å². The average molecular weight is 903 g/mol. The summed E-state index contributed by atoms with van der Waals surface area (Å²) in [5.41, 5.74) is 0. The highest BCUT2D eigenvalue weighted by Gasteiger charge is 2.28. The quantitative estimate of drug-likeness (QED) is 0.0309. The summed E-state index contributed by atoms with van der Waals surface area (Å²) in [5.74, 6) is -0.596. The van der Waals surface area contributed by atoms with Crippen LogP contribution < -0.4 is 5.32 Å². The predicted octanol–water partition coefficient (Wildman–Crippen LogP) is 16.4. The number of rotatable bonds is 52. The molecule has 4 unspecified atom stereocenters. The van der Waals surface area contributed by atoms with Crippen molar-refractivity contribution in [2.24, 2.45) is 0 Å². The van der Waals surface area contributed by atoms with Gasteiger partial charge in [-0.3, -0.25) is 4.79 Å². The Kier molecular flexibility index (Phi) is 51.3. The lowest BCUT2D eigenvalue weighted by Crippen LogP contribution is -2.53. The van der Waals surface area contributed by atoms with Crippen LogP contribution in [0.3, 0.4) is 0 Å². The van der Waals surface area contributed by atoms with Crippen molar-refractivity contribution < 1.29 is 25.2 Å². The molecule has 64 heavy (non-hydrogen) atoms. The molecular formula is C58H111NO5. The summed E-state index contributed by atoms with van der Waals surface area (Å²) in [6.45, 7) is 4.07. The monoisotopic (exact) mass is 902 g/mol. The van der Waals surface area contributed by atoms with E-state index in [9.17, 15) is 25.2 Å². The lowest BCUT2D eigenvalue weighted by molar-refractivity contribution is -0.132. The number of amides is 1. The van der Waals surface area contributed by atoms with Crippen molar-refractivity contribution in [3.05, 3.63) is 36.5 Å². The molecular weight excluding hydrogens is 791 g/mol. The van der Waals surface area contributed by atoms with E-state index >= 15 is 0 Å². The maximum atomic E-state index is 12.6. The number of allylic oxidation sites excluding steroid dienone is 6. The summed E-state index contributed by atoms with van der Waals surface area (Å²) in [4.78, 5) is 12.6. The minimum absolute atomic E-state index is 0.359. The van der Waals surface area contributed by atoms with Gasteiger partial charge in [0.1, 0.15) is 12.2 Å². The first-order valence-electron chi connectivity index (χ1n) is 28.4. The van der Waals surface area contributed by atoms with E-state index in [0.29, 0.717) is 19.3 Å². The van der Waals surface area contributed by atoms with Crippen molar-refractivity contribution in [2.75, 3.05) is 6.61 Å². The smallest absolute Gasteiger partial charge is 0.249 e. The number of nitrogens with one attached hydrogen (secondary N) is 1. The molecule has 4 atom stereocenters. The minimum Gasteiger partial charge on any atom is -0.394 e. The Morgan fingerprint density at radius 2 is 0.656 bits per heavy atom. The van der Waals surface area contributed by atoms with Crippen LogP contribution in [-0.2, 0) is 4.79 Å². The number of carbonyl (C=O) groups excluding carboxylic acids is 1. The maximum Gasteiger partial charge on any atom is 0.249 e. The first kappa shape index (κ1) is 62.5.